The van der Waals surface area contributed by atoms with Gasteiger partial charge in [-0.2, -0.15) is 0 Å². The number of hydrogen-bond donors (Lipinski definition) is 0. The Balaban J connectivity index is 2.07. The molecule has 0 saturated heterocycles. The van der Waals surface area contributed by atoms with Gasteiger partial charge in [0, 0.05) is 19.4 Å². The fourth-order valence-corrected chi connectivity index (χ4v) is 3.40. The lowest BCUT2D eigenvalue weighted by atomic mass is 9.82. The molecule has 3 aliphatic carbocycles. The van der Waals surface area contributed by atoms with E-state index in [1.165, 1.54) is 37.8 Å². The van der Waals surface area contributed by atoms with Crippen LogP contribution >= 0.6 is 0 Å². The van der Waals surface area contributed by atoms with E-state index in [0.717, 1.165) is 12.3 Å². The van der Waals surface area contributed by atoms with Gasteiger partial charge in [-0.1, -0.05) is 11.5 Å². The van der Waals surface area contributed by atoms with E-state index in [2.05, 4.69) is 16.8 Å². The molecule has 1 nitrogen and oxygen atoms in total. The lowest BCUT2D eigenvalue weighted by Crippen LogP contribution is -2.18. The van der Waals surface area contributed by atoms with Gasteiger partial charge in [-0.05, 0) is 37.7 Å². The molecule has 0 aromatic heterocycles. The summed E-state index contributed by atoms with van der Waals surface area (Å²) in [6.45, 7) is 0. The molecule has 0 radical (unpaired) electrons. The third kappa shape index (κ3) is 1.28. The Labute approximate surface area is 91.7 Å². The molecule has 0 heterocycles. The second-order valence-electron chi connectivity index (χ2n) is 4.76. The monoisotopic (exact) mass is 199 g/mol. The van der Waals surface area contributed by atoms with E-state index in [4.69, 9.17) is 0 Å². The van der Waals surface area contributed by atoms with Crippen molar-refractivity contribution in [1.29, 1.82) is 0 Å². The van der Waals surface area contributed by atoms with Gasteiger partial charge in [-0.3, -0.25) is 4.99 Å². The highest BCUT2D eigenvalue weighted by atomic mass is 14.7. The van der Waals surface area contributed by atoms with Crippen molar-refractivity contribution in [2.24, 2.45) is 16.8 Å². The van der Waals surface area contributed by atoms with Crippen LogP contribution in [0.25, 0.3) is 0 Å². The molecule has 0 bridgehead atoms. The summed E-state index contributed by atoms with van der Waals surface area (Å²) in [4.78, 5) is 4.51. The highest BCUT2D eigenvalue weighted by Gasteiger charge is 2.39. The lowest BCUT2D eigenvalue weighted by molar-refractivity contribution is 0.497. The molecule has 0 spiro atoms. The lowest BCUT2D eigenvalue weighted by Gasteiger charge is -2.21. The molecule has 0 aliphatic heterocycles. The quantitative estimate of drug-likeness (QED) is 0.532. The summed E-state index contributed by atoms with van der Waals surface area (Å²) in [5.74, 6) is 7.89. The fourth-order valence-electron chi connectivity index (χ4n) is 3.40. The average molecular weight is 199 g/mol. The number of fused-ring (bicyclic) bond motifs is 2. The number of hydrogen-bond acceptors (Lipinski definition) is 1. The van der Waals surface area contributed by atoms with E-state index in [-0.39, 0.29) is 0 Å². The summed E-state index contributed by atoms with van der Waals surface area (Å²) >= 11 is 0. The minimum absolute atomic E-state index is 0.465. The molecule has 3 aliphatic rings. The largest absolute Gasteiger partial charge is 0.291 e. The molecule has 0 aromatic carbocycles. The second-order valence-corrected chi connectivity index (χ2v) is 4.76. The normalized spacial score (nSPS) is 35.9. The Kier molecular flexibility index (Phi) is 2.16. The maximum Gasteiger partial charge on any atom is 0.0688 e. The molecule has 0 saturated carbocycles. The molecule has 0 aromatic rings. The average Bonchev–Trinajstić information content (AvgIpc) is 2.63. The van der Waals surface area contributed by atoms with E-state index >= 15 is 0 Å². The van der Waals surface area contributed by atoms with Gasteiger partial charge in [-0.25, -0.2) is 0 Å². The minimum Gasteiger partial charge on any atom is -0.291 e. The van der Waals surface area contributed by atoms with Gasteiger partial charge < -0.3 is 0 Å². The molecule has 1 unspecified atom stereocenters. The van der Waals surface area contributed by atoms with Crippen LogP contribution < -0.4 is 0 Å². The Morgan fingerprint density at radius 1 is 1.27 bits per heavy atom. The first-order chi connectivity index (χ1) is 7.42. The zero-order chi connectivity index (χ0) is 10.3. The van der Waals surface area contributed by atoms with Crippen LogP contribution in [0, 0.1) is 23.7 Å². The maximum atomic E-state index is 4.51. The zero-order valence-electron chi connectivity index (χ0n) is 9.34. The maximum absolute atomic E-state index is 4.51. The molecular formula is C14H17N. The van der Waals surface area contributed by atoms with E-state index < -0.39 is 0 Å². The molecule has 2 atom stereocenters. The van der Waals surface area contributed by atoms with Gasteiger partial charge in [-0.15, -0.1) is 5.92 Å². The van der Waals surface area contributed by atoms with E-state index in [1.807, 2.05) is 7.05 Å². The summed E-state index contributed by atoms with van der Waals surface area (Å²) in [5, 5.41) is 0. The van der Waals surface area contributed by atoms with Crippen LogP contribution in [0.4, 0.5) is 0 Å². The molecule has 15 heavy (non-hydrogen) atoms. The van der Waals surface area contributed by atoms with Gasteiger partial charge in [0.15, 0.2) is 0 Å². The Bertz CT molecular complexity index is 403. The first-order valence-electron chi connectivity index (χ1n) is 6.09. The van der Waals surface area contributed by atoms with Crippen LogP contribution in [0.2, 0.25) is 0 Å². The number of rotatable bonds is 0. The zero-order valence-corrected chi connectivity index (χ0v) is 9.34. The van der Waals surface area contributed by atoms with E-state index in [1.54, 1.807) is 11.1 Å². The van der Waals surface area contributed by atoms with Crippen molar-refractivity contribution in [1.82, 2.24) is 0 Å². The van der Waals surface area contributed by atoms with E-state index in [0.29, 0.717) is 5.92 Å². The standard InChI is InChI=1S/C14H17N/c1-15-14-12-8-4-2-6-10(12)11-7-3-5-9-13(11)14/h11,13H,2-4,6-8H2,1H3/t11?,13-/m1/s1. The molecule has 3 rings (SSSR count). The Morgan fingerprint density at radius 2 is 2.13 bits per heavy atom. The predicted octanol–water partition coefficient (Wildman–Crippen LogP) is 2.97. The Hall–Kier alpha value is -1.03. The minimum atomic E-state index is 0.465. The Morgan fingerprint density at radius 3 is 3.00 bits per heavy atom. The first-order valence-corrected chi connectivity index (χ1v) is 6.09. The van der Waals surface area contributed by atoms with Crippen LogP contribution in [-0.4, -0.2) is 12.8 Å². The third-order valence-electron chi connectivity index (χ3n) is 4.04. The number of allylic oxidation sites excluding steroid dienone is 2. The topological polar surface area (TPSA) is 12.4 Å². The van der Waals surface area contributed by atoms with Crippen molar-refractivity contribution in [3.63, 3.8) is 0 Å². The number of nitrogens with zero attached hydrogens (tertiary/aromatic N) is 1. The van der Waals surface area contributed by atoms with Gasteiger partial charge in [0.05, 0.1) is 11.6 Å². The van der Waals surface area contributed by atoms with Gasteiger partial charge in [0.2, 0.25) is 0 Å². The van der Waals surface area contributed by atoms with Gasteiger partial charge in [0.25, 0.3) is 0 Å². The summed E-state index contributed by atoms with van der Waals surface area (Å²) in [6.07, 6.45) is 7.68. The van der Waals surface area contributed by atoms with Crippen molar-refractivity contribution in [2.45, 2.75) is 38.5 Å². The summed E-state index contributed by atoms with van der Waals surface area (Å²) in [5.41, 5.74) is 4.65. The number of aliphatic imine (C=N–C) groups is 1. The van der Waals surface area contributed by atoms with Crippen molar-refractivity contribution in [3.05, 3.63) is 11.1 Å². The van der Waals surface area contributed by atoms with E-state index in [9.17, 15) is 0 Å². The second kappa shape index (κ2) is 3.52. The van der Waals surface area contributed by atoms with Gasteiger partial charge >= 0.3 is 0 Å². The van der Waals surface area contributed by atoms with Crippen molar-refractivity contribution in [2.75, 3.05) is 7.05 Å². The van der Waals surface area contributed by atoms with Gasteiger partial charge in [0.1, 0.15) is 0 Å². The van der Waals surface area contributed by atoms with Crippen LogP contribution in [0.1, 0.15) is 38.5 Å². The molecule has 78 valence electrons. The predicted molar refractivity (Wildman–Crippen MR) is 62.8 cm³/mol. The molecule has 0 fully saturated rings. The fraction of sp³-hybridized carbons (Fsp3) is 0.643. The first kappa shape index (κ1) is 9.21. The van der Waals surface area contributed by atoms with Crippen molar-refractivity contribution >= 4 is 5.71 Å². The smallest absolute Gasteiger partial charge is 0.0688 e. The summed E-state index contributed by atoms with van der Waals surface area (Å²) in [6, 6.07) is 0. The summed E-state index contributed by atoms with van der Waals surface area (Å²) in [7, 11) is 1.94. The SMILES string of the molecule is CN=C1C2=C(CCCC2)C2CCC#C[C@@H]12. The van der Waals surface area contributed by atoms with Crippen molar-refractivity contribution in [3.8, 4) is 11.8 Å². The molecule has 0 amide bonds. The van der Waals surface area contributed by atoms with Crippen LogP contribution in [0.5, 0.6) is 0 Å². The van der Waals surface area contributed by atoms with Crippen LogP contribution in [-0.2, 0) is 0 Å². The summed E-state index contributed by atoms with van der Waals surface area (Å²) < 4.78 is 0. The highest BCUT2D eigenvalue weighted by Crippen LogP contribution is 2.45. The van der Waals surface area contributed by atoms with Crippen LogP contribution in [0.15, 0.2) is 16.1 Å². The van der Waals surface area contributed by atoms with Crippen LogP contribution in [0.3, 0.4) is 0 Å². The third-order valence-corrected chi connectivity index (χ3v) is 4.04. The highest BCUT2D eigenvalue weighted by molar-refractivity contribution is 6.07. The van der Waals surface area contributed by atoms with Crippen molar-refractivity contribution < 1.29 is 0 Å². The molecule has 0 N–H and O–H groups in total. The molecular weight excluding hydrogens is 182 g/mol. The molecule has 1 heteroatoms.